The number of piperidine rings is 1. The maximum Gasteiger partial charge on any atom is 0.0519 e. The first-order chi connectivity index (χ1) is 6.84. The summed E-state index contributed by atoms with van der Waals surface area (Å²) in [5.74, 6) is 1.60. The summed E-state index contributed by atoms with van der Waals surface area (Å²) >= 11 is 0. The maximum atomic E-state index is 4.14. The molecule has 14 heavy (non-hydrogen) atoms. The first-order valence-corrected chi connectivity index (χ1v) is 5.57. The molecule has 2 unspecified atom stereocenters. The van der Waals surface area contributed by atoms with Crippen LogP contribution in [0.3, 0.4) is 0 Å². The summed E-state index contributed by atoms with van der Waals surface area (Å²) in [5, 5.41) is 7.32. The van der Waals surface area contributed by atoms with E-state index in [4.69, 9.17) is 0 Å². The Morgan fingerprint density at radius 2 is 2.43 bits per heavy atom. The highest BCUT2D eigenvalue weighted by molar-refractivity contribution is 5.22. The number of hydrogen-bond donors (Lipinski definition) is 1. The van der Waals surface area contributed by atoms with Crippen molar-refractivity contribution in [3.05, 3.63) is 17.5 Å². The second-order valence-corrected chi connectivity index (χ2v) is 4.74. The Balaban J connectivity index is 1.89. The molecule has 2 aliphatic heterocycles. The molecule has 2 bridgehead atoms. The molecule has 1 N–H and O–H groups in total. The first kappa shape index (κ1) is 8.48. The van der Waals surface area contributed by atoms with E-state index in [9.17, 15) is 0 Å². The van der Waals surface area contributed by atoms with E-state index >= 15 is 0 Å². The summed E-state index contributed by atoms with van der Waals surface area (Å²) in [5.41, 5.74) is 2.73. The van der Waals surface area contributed by atoms with Gasteiger partial charge < -0.3 is 4.90 Å². The second-order valence-electron chi connectivity index (χ2n) is 4.74. The van der Waals surface area contributed by atoms with Gasteiger partial charge in [0.1, 0.15) is 0 Å². The molecule has 3 rings (SSSR count). The van der Waals surface area contributed by atoms with Crippen molar-refractivity contribution < 1.29 is 0 Å². The highest BCUT2D eigenvalue weighted by Crippen LogP contribution is 2.38. The summed E-state index contributed by atoms with van der Waals surface area (Å²) in [6.45, 7) is 6.02. The third-order valence-electron chi connectivity index (χ3n) is 3.80. The molecule has 3 heterocycles. The van der Waals surface area contributed by atoms with Gasteiger partial charge in [0.05, 0.1) is 6.20 Å². The Kier molecular flexibility index (Phi) is 1.87. The number of aryl methyl sites for hydroxylation is 1. The van der Waals surface area contributed by atoms with Gasteiger partial charge in [-0.1, -0.05) is 0 Å². The second kappa shape index (κ2) is 3.09. The van der Waals surface area contributed by atoms with Crippen molar-refractivity contribution in [1.82, 2.24) is 15.1 Å². The highest BCUT2D eigenvalue weighted by atomic mass is 15.2. The van der Waals surface area contributed by atoms with Crippen molar-refractivity contribution in [1.29, 1.82) is 0 Å². The smallest absolute Gasteiger partial charge is 0.0519 e. The monoisotopic (exact) mass is 191 g/mol. The third-order valence-corrected chi connectivity index (χ3v) is 3.80. The van der Waals surface area contributed by atoms with Gasteiger partial charge in [0.15, 0.2) is 0 Å². The lowest BCUT2D eigenvalue weighted by Crippen LogP contribution is -2.25. The molecule has 3 heteroatoms. The van der Waals surface area contributed by atoms with Crippen molar-refractivity contribution in [2.24, 2.45) is 5.92 Å². The lowest BCUT2D eigenvalue weighted by atomic mass is 9.88. The Hall–Kier alpha value is -0.830. The molecule has 0 spiro atoms. The lowest BCUT2D eigenvalue weighted by molar-refractivity contribution is 0.269. The molecule has 0 aromatic carbocycles. The Morgan fingerprint density at radius 3 is 3.14 bits per heavy atom. The van der Waals surface area contributed by atoms with Gasteiger partial charge in [-0.15, -0.1) is 0 Å². The fraction of sp³-hybridized carbons (Fsp3) is 0.727. The van der Waals surface area contributed by atoms with E-state index in [0.29, 0.717) is 0 Å². The summed E-state index contributed by atoms with van der Waals surface area (Å²) < 4.78 is 0. The zero-order valence-electron chi connectivity index (χ0n) is 8.66. The van der Waals surface area contributed by atoms with Crippen LogP contribution in [0.15, 0.2) is 6.20 Å². The maximum absolute atomic E-state index is 4.14. The number of nitrogens with one attached hydrogen (secondary N) is 1. The van der Waals surface area contributed by atoms with Crippen LogP contribution >= 0.6 is 0 Å². The Labute approximate surface area is 84.5 Å². The number of hydrogen-bond acceptors (Lipinski definition) is 2. The van der Waals surface area contributed by atoms with Crippen molar-refractivity contribution in [2.45, 2.75) is 25.7 Å². The topological polar surface area (TPSA) is 31.9 Å². The standard InChI is InChI=1S/C11H17N3/c1-8-5-12-13-11(8)10-7-14-4-2-3-9(10)6-14/h5,9-10H,2-4,6-7H2,1H3,(H,12,13)/t9?,10-/m1/s1. The van der Waals surface area contributed by atoms with Crippen LogP contribution in [0.5, 0.6) is 0 Å². The zero-order chi connectivity index (χ0) is 9.54. The van der Waals surface area contributed by atoms with Gasteiger partial charge in [0.25, 0.3) is 0 Å². The minimum Gasteiger partial charge on any atom is -0.302 e. The van der Waals surface area contributed by atoms with Gasteiger partial charge in [-0.3, -0.25) is 5.10 Å². The Bertz CT molecular complexity index is 331. The average molecular weight is 191 g/mol. The molecule has 2 fully saturated rings. The van der Waals surface area contributed by atoms with Crippen molar-refractivity contribution in [2.75, 3.05) is 19.6 Å². The fourth-order valence-electron chi connectivity index (χ4n) is 3.07. The quantitative estimate of drug-likeness (QED) is 0.730. The first-order valence-electron chi connectivity index (χ1n) is 5.57. The number of fused-ring (bicyclic) bond motifs is 2. The molecular weight excluding hydrogens is 174 g/mol. The summed E-state index contributed by atoms with van der Waals surface area (Å²) in [4.78, 5) is 2.60. The molecule has 0 saturated carbocycles. The summed E-state index contributed by atoms with van der Waals surface area (Å²) in [6, 6.07) is 0. The summed E-state index contributed by atoms with van der Waals surface area (Å²) in [7, 11) is 0. The van der Waals surface area contributed by atoms with Crippen molar-refractivity contribution in [3.8, 4) is 0 Å². The number of rotatable bonds is 1. The van der Waals surface area contributed by atoms with Crippen LogP contribution in [0, 0.1) is 12.8 Å². The van der Waals surface area contributed by atoms with Gasteiger partial charge >= 0.3 is 0 Å². The molecular formula is C11H17N3. The lowest BCUT2D eigenvalue weighted by Gasteiger charge is -2.21. The van der Waals surface area contributed by atoms with Crippen LogP contribution in [-0.4, -0.2) is 34.7 Å². The predicted octanol–water partition coefficient (Wildman–Crippen LogP) is 1.53. The van der Waals surface area contributed by atoms with Gasteiger partial charge in [0, 0.05) is 24.7 Å². The molecule has 2 saturated heterocycles. The van der Waals surface area contributed by atoms with E-state index in [-0.39, 0.29) is 0 Å². The van der Waals surface area contributed by atoms with Crippen molar-refractivity contribution >= 4 is 0 Å². The average Bonchev–Trinajstić information content (AvgIpc) is 2.71. The van der Waals surface area contributed by atoms with Gasteiger partial charge in [-0.2, -0.15) is 5.10 Å². The number of nitrogens with zero attached hydrogens (tertiary/aromatic N) is 2. The van der Waals surface area contributed by atoms with Crippen LogP contribution in [-0.2, 0) is 0 Å². The van der Waals surface area contributed by atoms with Crippen molar-refractivity contribution in [3.63, 3.8) is 0 Å². The largest absolute Gasteiger partial charge is 0.302 e. The number of aromatic amines is 1. The van der Waals surface area contributed by atoms with Crippen LogP contribution in [0.25, 0.3) is 0 Å². The fourth-order valence-corrected chi connectivity index (χ4v) is 3.07. The summed E-state index contributed by atoms with van der Waals surface area (Å²) in [6.07, 6.45) is 4.74. The molecule has 0 aliphatic carbocycles. The molecule has 3 nitrogen and oxygen atoms in total. The highest BCUT2D eigenvalue weighted by Gasteiger charge is 2.37. The molecule has 0 amide bonds. The number of aromatic nitrogens is 2. The minimum absolute atomic E-state index is 0.722. The zero-order valence-corrected chi connectivity index (χ0v) is 8.66. The van der Waals surface area contributed by atoms with E-state index in [1.54, 1.807) is 0 Å². The van der Waals surface area contributed by atoms with E-state index in [1.165, 1.54) is 43.7 Å². The molecule has 1 aromatic heterocycles. The predicted molar refractivity (Wildman–Crippen MR) is 55.2 cm³/mol. The minimum atomic E-state index is 0.722. The van der Waals surface area contributed by atoms with Crippen LogP contribution in [0.1, 0.15) is 30.0 Å². The molecule has 3 atom stereocenters. The SMILES string of the molecule is Cc1cn[nH]c1[C@@H]1CN2CCCC1C2. The van der Waals surface area contributed by atoms with E-state index in [2.05, 4.69) is 22.0 Å². The molecule has 2 aliphatic rings. The third kappa shape index (κ3) is 1.19. The normalized spacial score (nSPS) is 36.2. The van der Waals surface area contributed by atoms with Gasteiger partial charge in [-0.05, 0) is 37.8 Å². The van der Waals surface area contributed by atoms with Gasteiger partial charge in [-0.25, -0.2) is 0 Å². The van der Waals surface area contributed by atoms with Crippen LogP contribution in [0.2, 0.25) is 0 Å². The molecule has 76 valence electrons. The van der Waals surface area contributed by atoms with E-state index < -0.39 is 0 Å². The van der Waals surface area contributed by atoms with Crippen LogP contribution in [0.4, 0.5) is 0 Å². The Morgan fingerprint density at radius 1 is 1.50 bits per heavy atom. The van der Waals surface area contributed by atoms with E-state index in [0.717, 1.165) is 11.8 Å². The molecule has 0 radical (unpaired) electrons. The van der Waals surface area contributed by atoms with E-state index in [1.807, 2.05) is 6.20 Å². The molecule has 1 aromatic rings. The van der Waals surface area contributed by atoms with Gasteiger partial charge in [0.2, 0.25) is 0 Å². The van der Waals surface area contributed by atoms with Crippen LogP contribution < -0.4 is 0 Å². The number of H-pyrrole nitrogens is 1.